The molecule has 0 radical (unpaired) electrons. The number of rotatable bonds is 8. The van der Waals surface area contributed by atoms with Crippen molar-refractivity contribution in [3.63, 3.8) is 0 Å². The summed E-state index contributed by atoms with van der Waals surface area (Å²) in [7, 11) is 0. The second-order valence-corrected chi connectivity index (χ2v) is 7.88. The molecule has 3 heterocycles. The fourth-order valence-electron chi connectivity index (χ4n) is 3.30. The molecule has 0 spiro atoms. The predicted molar refractivity (Wildman–Crippen MR) is 120 cm³/mol. The molecule has 1 atom stereocenters. The lowest BCUT2D eigenvalue weighted by atomic mass is 10.2. The molecule has 1 aromatic carbocycles. The minimum absolute atomic E-state index is 0.0321. The van der Waals surface area contributed by atoms with E-state index in [1.165, 1.54) is 16.8 Å². The minimum Gasteiger partial charge on any atom is -0.464 e. The molecule has 0 aliphatic heterocycles. The highest BCUT2D eigenvalue weighted by Gasteiger charge is 2.39. The van der Waals surface area contributed by atoms with E-state index in [1.807, 2.05) is 30.3 Å². The monoisotopic (exact) mass is 508 g/mol. The quantitative estimate of drug-likeness (QED) is 0.353. The second kappa shape index (κ2) is 10.0. The fraction of sp³-hybridized carbons (Fsp3) is 0.318. The van der Waals surface area contributed by atoms with Crippen LogP contribution in [0.15, 0.2) is 47.4 Å². The summed E-state index contributed by atoms with van der Waals surface area (Å²) in [5, 5.41) is 11.8. The largest absolute Gasteiger partial charge is 0.464 e. The molecule has 0 bridgehead atoms. The molecule has 1 unspecified atom stereocenters. The molecule has 9 nitrogen and oxygen atoms in total. The maximum absolute atomic E-state index is 13.2. The molecule has 13 heteroatoms. The van der Waals surface area contributed by atoms with Crippen molar-refractivity contribution in [3.05, 3.63) is 69.6 Å². The van der Waals surface area contributed by atoms with Gasteiger partial charge in [-0.05, 0) is 25.5 Å². The van der Waals surface area contributed by atoms with Crippen molar-refractivity contribution < 1.29 is 22.6 Å². The third-order valence-corrected chi connectivity index (χ3v) is 5.38. The number of hydrogen-bond acceptors (Lipinski definition) is 7. The van der Waals surface area contributed by atoms with Crippen LogP contribution in [0.1, 0.15) is 25.2 Å². The highest BCUT2D eigenvalue weighted by Crippen LogP contribution is 2.33. The van der Waals surface area contributed by atoms with Gasteiger partial charge in [-0.1, -0.05) is 41.9 Å². The number of pyridine rings is 1. The number of fused-ring (bicyclic) bond motifs is 1. The zero-order valence-electron chi connectivity index (χ0n) is 18.7. The van der Waals surface area contributed by atoms with E-state index < -0.39 is 23.8 Å². The third-order valence-electron chi connectivity index (χ3n) is 5.12. The maximum Gasteiger partial charge on any atom is 0.425 e. The van der Waals surface area contributed by atoms with E-state index in [2.05, 4.69) is 20.3 Å². The number of nitrogens with zero attached hydrogens (tertiary/aromatic N) is 6. The number of halogens is 4. The lowest BCUT2D eigenvalue weighted by Gasteiger charge is -2.18. The summed E-state index contributed by atoms with van der Waals surface area (Å²) in [5.41, 5.74) is 0.410. The molecule has 3 aromatic heterocycles. The van der Waals surface area contributed by atoms with Gasteiger partial charge in [0.05, 0.1) is 18.2 Å². The van der Waals surface area contributed by atoms with Gasteiger partial charge in [-0.2, -0.15) is 27.9 Å². The van der Waals surface area contributed by atoms with Crippen LogP contribution < -0.4 is 10.4 Å². The van der Waals surface area contributed by atoms with Gasteiger partial charge in [0.2, 0.25) is 5.88 Å². The van der Waals surface area contributed by atoms with Gasteiger partial charge in [0.25, 0.3) is 0 Å². The molecule has 4 rings (SSSR count). The first kappa shape index (κ1) is 24.6. The fourth-order valence-corrected chi connectivity index (χ4v) is 3.53. The smallest absolute Gasteiger partial charge is 0.425 e. The van der Waals surface area contributed by atoms with Crippen molar-refractivity contribution in [2.45, 2.75) is 45.9 Å². The van der Waals surface area contributed by atoms with Crippen molar-refractivity contribution in [1.29, 1.82) is 0 Å². The molecule has 184 valence electrons. The first-order chi connectivity index (χ1) is 16.7. The van der Waals surface area contributed by atoms with Crippen LogP contribution in [0.3, 0.4) is 0 Å². The Hall–Kier alpha value is -3.51. The summed E-state index contributed by atoms with van der Waals surface area (Å²) in [6.07, 6.45) is -5.56. The highest BCUT2D eigenvalue weighted by atomic mass is 35.5. The Kier molecular flexibility index (Phi) is 7.03. The SMILES string of the molecule is CCn1c(COCc2ccccc2)nn(-c2cc3cnnc(Cl)c3c(OC(C)C(F)(F)F)n2)c1=O. The van der Waals surface area contributed by atoms with E-state index >= 15 is 0 Å². The summed E-state index contributed by atoms with van der Waals surface area (Å²) >= 11 is 6.07. The van der Waals surface area contributed by atoms with Crippen LogP contribution in [0.4, 0.5) is 13.2 Å². The summed E-state index contributed by atoms with van der Waals surface area (Å²) in [6.45, 7) is 3.23. The number of ether oxygens (including phenoxy) is 2. The normalized spacial score (nSPS) is 12.7. The Morgan fingerprint density at radius 1 is 1.17 bits per heavy atom. The van der Waals surface area contributed by atoms with Crippen LogP contribution in [0.25, 0.3) is 16.6 Å². The van der Waals surface area contributed by atoms with E-state index in [1.54, 1.807) is 6.92 Å². The van der Waals surface area contributed by atoms with Gasteiger partial charge in [0, 0.05) is 11.9 Å². The molecular weight excluding hydrogens is 489 g/mol. The molecule has 35 heavy (non-hydrogen) atoms. The number of aromatic nitrogens is 6. The molecule has 0 aliphatic carbocycles. The lowest BCUT2D eigenvalue weighted by molar-refractivity contribution is -0.189. The van der Waals surface area contributed by atoms with Gasteiger partial charge in [0.15, 0.2) is 22.9 Å². The molecule has 0 amide bonds. The second-order valence-electron chi connectivity index (χ2n) is 7.52. The zero-order chi connectivity index (χ0) is 25.2. The molecule has 0 saturated heterocycles. The molecular formula is C22H20ClF3N6O3. The van der Waals surface area contributed by atoms with Gasteiger partial charge in [-0.15, -0.1) is 10.2 Å². The van der Waals surface area contributed by atoms with Crippen molar-refractivity contribution in [2.24, 2.45) is 0 Å². The Balaban J connectivity index is 1.72. The van der Waals surface area contributed by atoms with Gasteiger partial charge in [0.1, 0.15) is 6.61 Å². The summed E-state index contributed by atoms with van der Waals surface area (Å²) in [4.78, 5) is 17.2. The Bertz CT molecular complexity index is 1390. The molecule has 0 fully saturated rings. The topological polar surface area (TPSA) is 97.0 Å². The van der Waals surface area contributed by atoms with Crippen LogP contribution >= 0.6 is 11.6 Å². The van der Waals surface area contributed by atoms with Gasteiger partial charge in [-0.3, -0.25) is 4.57 Å². The van der Waals surface area contributed by atoms with Crippen LogP contribution in [0.2, 0.25) is 5.15 Å². The van der Waals surface area contributed by atoms with Crippen LogP contribution in [0, 0.1) is 0 Å². The number of alkyl halides is 3. The zero-order valence-corrected chi connectivity index (χ0v) is 19.4. The summed E-state index contributed by atoms with van der Waals surface area (Å²) < 4.78 is 52.7. The van der Waals surface area contributed by atoms with E-state index in [-0.39, 0.29) is 28.4 Å². The van der Waals surface area contributed by atoms with Gasteiger partial charge >= 0.3 is 11.9 Å². The number of benzene rings is 1. The number of hydrogen-bond donors (Lipinski definition) is 0. The predicted octanol–water partition coefficient (Wildman–Crippen LogP) is 4.09. The van der Waals surface area contributed by atoms with E-state index in [4.69, 9.17) is 21.1 Å². The highest BCUT2D eigenvalue weighted by molar-refractivity contribution is 6.34. The van der Waals surface area contributed by atoms with Crippen LogP contribution in [0.5, 0.6) is 5.88 Å². The average molecular weight is 509 g/mol. The first-order valence-electron chi connectivity index (χ1n) is 10.5. The molecule has 0 aliphatic rings. The minimum atomic E-state index is -4.65. The molecule has 4 aromatic rings. The Morgan fingerprint density at radius 2 is 1.91 bits per heavy atom. The van der Waals surface area contributed by atoms with Gasteiger partial charge in [-0.25, -0.2) is 4.79 Å². The lowest BCUT2D eigenvalue weighted by Crippen LogP contribution is -2.31. The van der Waals surface area contributed by atoms with Crippen molar-refractivity contribution in [3.8, 4) is 11.7 Å². The Labute approximate surface area is 202 Å². The third kappa shape index (κ3) is 5.28. The van der Waals surface area contributed by atoms with Crippen LogP contribution in [-0.2, 0) is 24.5 Å². The van der Waals surface area contributed by atoms with Crippen molar-refractivity contribution in [2.75, 3.05) is 0 Å². The summed E-state index contributed by atoms with van der Waals surface area (Å²) in [6, 6.07) is 10.9. The van der Waals surface area contributed by atoms with Crippen LogP contribution in [-0.4, -0.2) is 41.8 Å². The van der Waals surface area contributed by atoms with Crippen molar-refractivity contribution >= 4 is 22.4 Å². The van der Waals surface area contributed by atoms with Gasteiger partial charge < -0.3 is 9.47 Å². The first-order valence-corrected chi connectivity index (χ1v) is 10.9. The van der Waals surface area contributed by atoms with E-state index in [0.717, 1.165) is 17.2 Å². The molecule has 0 N–H and O–H groups in total. The van der Waals surface area contributed by atoms with Crippen molar-refractivity contribution in [1.82, 2.24) is 29.5 Å². The van der Waals surface area contributed by atoms with E-state index in [0.29, 0.717) is 19.0 Å². The summed E-state index contributed by atoms with van der Waals surface area (Å²) in [5.74, 6) is -0.179. The standard InChI is InChI=1S/C22H20ClF3N6O3/c1-3-31-17(12-34-11-14-7-5-4-6-8-14)30-32(21(31)33)16-9-15-10-27-29-19(23)18(15)20(28-16)35-13(2)22(24,25)26/h4-10,13H,3,11-12H2,1-2H3. The molecule has 0 saturated carbocycles. The Morgan fingerprint density at radius 3 is 2.60 bits per heavy atom. The maximum atomic E-state index is 13.2. The average Bonchev–Trinajstić information content (AvgIpc) is 3.14. The van der Waals surface area contributed by atoms with E-state index in [9.17, 15) is 18.0 Å².